The van der Waals surface area contributed by atoms with Crippen LogP contribution in [0.15, 0.2) is 30.3 Å². The second kappa shape index (κ2) is 4.46. The topological polar surface area (TPSA) is 9.23 Å². The molecule has 0 aliphatic heterocycles. The van der Waals surface area contributed by atoms with Crippen molar-refractivity contribution in [3.63, 3.8) is 0 Å². The first-order valence-corrected chi connectivity index (χ1v) is 6.68. The fourth-order valence-corrected chi connectivity index (χ4v) is 3.38. The van der Waals surface area contributed by atoms with Crippen molar-refractivity contribution in [2.75, 3.05) is 7.11 Å². The Morgan fingerprint density at radius 3 is 2.11 bits per heavy atom. The van der Waals surface area contributed by atoms with Crippen molar-refractivity contribution in [2.24, 2.45) is 10.8 Å². The Morgan fingerprint density at radius 1 is 1.00 bits per heavy atom. The minimum Gasteiger partial charge on any atom is -0.497 e. The Morgan fingerprint density at radius 2 is 1.61 bits per heavy atom. The van der Waals surface area contributed by atoms with Crippen LogP contribution in [-0.4, -0.2) is 7.11 Å². The zero-order chi connectivity index (χ0) is 13.4. The van der Waals surface area contributed by atoms with Crippen LogP contribution in [0.4, 0.5) is 0 Å². The van der Waals surface area contributed by atoms with Gasteiger partial charge in [-0.05, 0) is 46.9 Å². The van der Waals surface area contributed by atoms with Gasteiger partial charge in [0.1, 0.15) is 5.75 Å². The summed E-state index contributed by atoms with van der Waals surface area (Å²) in [5, 5.41) is 0. The molecule has 0 amide bonds. The number of hydrogen-bond acceptors (Lipinski definition) is 1. The molecule has 0 atom stereocenters. The van der Waals surface area contributed by atoms with E-state index in [4.69, 9.17) is 4.74 Å². The van der Waals surface area contributed by atoms with Crippen molar-refractivity contribution in [1.29, 1.82) is 0 Å². The Kier molecular flexibility index (Phi) is 3.27. The van der Waals surface area contributed by atoms with E-state index in [-0.39, 0.29) is 5.41 Å². The van der Waals surface area contributed by atoms with Crippen LogP contribution in [0.5, 0.6) is 5.75 Å². The maximum atomic E-state index is 5.22. The maximum Gasteiger partial charge on any atom is 0.118 e. The van der Waals surface area contributed by atoms with E-state index < -0.39 is 0 Å². The lowest BCUT2D eigenvalue weighted by atomic mass is 9.66. The number of hydrogen-bond donors (Lipinski definition) is 0. The molecule has 0 spiro atoms. The van der Waals surface area contributed by atoms with Gasteiger partial charge in [0.2, 0.25) is 0 Å². The molecular weight excluding hydrogens is 220 g/mol. The van der Waals surface area contributed by atoms with E-state index in [0.29, 0.717) is 5.41 Å². The van der Waals surface area contributed by atoms with Crippen molar-refractivity contribution in [1.82, 2.24) is 0 Å². The number of rotatable bonds is 2. The van der Waals surface area contributed by atoms with E-state index in [9.17, 15) is 0 Å². The first kappa shape index (κ1) is 13.2. The van der Waals surface area contributed by atoms with Crippen LogP contribution in [0.3, 0.4) is 0 Å². The summed E-state index contributed by atoms with van der Waals surface area (Å²) in [5.41, 5.74) is 3.47. The average molecular weight is 244 g/mol. The number of ether oxygens (including phenoxy) is 1. The third kappa shape index (κ3) is 2.95. The zero-order valence-electron chi connectivity index (χ0n) is 12.2. The van der Waals surface area contributed by atoms with Gasteiger partial charge in [-0.1, -0.05) is 45.9 Å². The van der Waals surface area contributed by atoms with E-state index in [1.165, 1.54) is 17.6 Å². The predicted molar refractivity (Wildman–Crippen MR) is 77.8 cm³/mol. The molecule has 0 radical (unpaired) electrons. The second-order valence-corrected chi connectivity index (χ2v) is 6.90. The van der Waals surface area contributed by atoms with Crippen LogP contribution in [0.2, 0.25) is 0 Å². The average Bonchev–Trinajstić information content (AvgIpc) is 2.25. The third-order valence-corrected chi connectivity index (χ3v) is 3.63. The summed E-state index contributed by atoms with van der Waals surface area (Å²) in [7, 11) is 1.71. The quantitative estimate of drug-likeness (QED) is 0.717. The minimum absolute atomic E-state index is 0.289. The highest BCUT2D eigenvalue weighted by molar-refractivity contribution is 5.68. The lowest BCUT2D eigenvalue weighted by molar-refractivity contribution is 0.229. The van der Waals surface area contributed by atoms with Crippen LogP contribution in [0.1, 0.15) is 46.1 Å². The minimum atomic E-state index is 0.289. The molecule has 0 saturated heterocycles. The van der Waals surface area contributed by atoms with Crippen LogP contribution in [0.25, 0.3) is 5.57 Å². The highest BCUT2D eigenvalue weighted by Gasteiger charge is 2.33. The van der Waals surface area contributed by atoms with E-state index in [1.807, 2.05) is 12.1 Å². The molecule has 18 heavy (non-hydrogen) atoms. The molecule has 0 N–H and O–H groups in total. The molecule has 2 rings (SSSR count). The Hall–Kier alpha value is -1.24. The van der Waals surface area contributed by atoms with Gasteiger partial charge in [-0.3, -0.25) is 0 Å². The lowest BCUT2D eigenvalue weighted by Crippen LogP contribution is -2.26. The summed E-state index contributed by atoms with van der Waals surface area (Å²) in [6, 6.07) is 8.43. The predicted octanol–water partition coefficient (Wildman–Crippen LogP) is 4.92. The van der Waals surface area contributed by atoms with E-state index in [1.54, 1.807) is 7.11 Å². The van der Waals surface area contributed by atoms with Crippen molar-refractivity contribution >= 4 is 5.57 Å². The zero-order valence-corrected chi connectivity index (χ0v) is 12.2. The van der Waals surface area contributed by atoms with Gasteiger partial charge in [0, 0.05) is 0 Å². The van der Waals surface area contributed by atoms with Crippen molar-refractivity contribution in [2.45, 2.75) is 40.5 Å². The summed E-state index contributed by atoms with van der Waals surface area (Å²) < 4.78 is 5.22. The Bertz CT molecular complexity index is 449. The molecular formula is C17H24O. The third-order valence-electron chi connectivity index (χ3n) is 3.63. The standard InChI is InChI=1S/C17H24O/c1-16(2)10-14(11-17(3,4)12-16)13-6-8-15(18-5)9-7-13/h6-10H,11-12H2,1-5H3. The van der Waals surface area contributed by atoms with Gasteiger partial charge in [0.15, 0.2) is 0 Å². The van der Waals surface area contributed by atoms with E-state index in [2.05, 4.69) is 45.9 Å². The Balaban J connectivity index is 2.34. The summed E-state index contributed by atoms with van der Waals surface area (Å²) in [4.78, 5) is 0. The van der Waals surface area contributed by atoms with Crippen molar-refractivity contribution in [3.8, 4) is 5.75 Å². The molecule has 1 nitrogen and oxygen atoms in total. The molecule has 0 aromatic heterocycles. The molecule has 0 heterocycles. The van der Waals surface area contributed by atoms with Gasteiger partial charge in [0.25, 0.3) is 0 Å². The van der Waals surface area contributed by atoms with Crippen molar-refractivity contribution in [3.05, 3.63) is 35.9 Å². The number of allylic oxidation sites excluding steroid dienone is 2. The first-order valence-electron chi connectivity index (χ1n) is 6.68. The number of benzene rings is 1. The maximum absolute atomic E-state index is 5.22. The fraction of sp³-hybridized carbons (Fsp3) is 0.529. The molecule has 0 unspecified atom stereocenters. The van der Waals surface area contributed by atoms with Crippen molar-refractivity contribution < 1.29 is 4.74 Å². The molecule has 1 aromatic carbocycles. The van der Waals surface area contributed by atoms with Gasteiger partial charge in [-0.2, -0.15) is 0 Å². The summed E-state index contributed by atoms with van der Waals surface area (Å²) in [6.07, 6.45) is 4.85. The van der Waals surface area contributed by atoms with Gasteiger partial charge in [-0.25, -0.2) is 0 Å². The highest BCUT2D eigenvalue weighted by Crippen LogP contribution is 2.47. The van der Waals surface area contributed by atoms with E-state index in [0.717, 1.165) is 12.2 Å². The molecule has 1 heteroatoms. The smallest absolute Gasteiger partial charge is 0.118 e. The lowest BCUT2D eigenvalue weighted by Gasteiger charge is -2.39. The summed E-state index contributed by atoms with van der Waals surface area (Å²) in [6.45, 7) is 9.39. The summed E-state index contributed by atoms with van der Waals surface area (Å²) >= 11 is 0. The van der Waals surface area contributed by atoms with Crippen LogP contribution in [-0.2, 0) is 0 Å². The van der Waals surface area contributed by atoms with Crippen LogP contribution >= 0.6 is 0 Å². The van der Waals surface area contributed by atoms with Gasteiger partial charge in [-0.15, -0.1) is 0 Å². The highest BCUT2D eigenvalue weighted by atomic mass is 16.5. The molecule has 1 aliphatic rings. The second-order valence-electron chi connectivity index (χ2n) is 6.90. The molecule has 1 aliphatic carbocycles. The van der Waals surface area contributed by atoms with Gasteiger partial charge < -0.3 is 4.74 Å². The first-order chi connectivity index (χ1) is 8.31. The van der Waals surface area contributed by atoms with Crippen LogP contribution < -0.4 is 4.74 Å². The Labute approximate surface area is 111 Å². The summed E-state index contributed by atoms with van der Waals surface area (Å²) in [5.74, 6) is 0.925. The van der Waals surface area contributed by atoms with E-state index >= 15 is 0 Å². The van der Waals surface area contributed by atoms with Crippen LogP contribution in [0, 0.1) is 10.8 Å². The normalized spacial score (nSPS) is 21.3. The fourth-order valence-electron chi connectivity index (χ4n) is 3.38. The SMILES string of the molecule is COc1ccc(C2=CC(C)(C)CC(C)(C)C2)cc1. The molecule has 0 bridgehead atoms. The molecule has 0 fully saturated rings. The largest absolute Gasteiger partial charge is 0.497 e. The monoisotopic (exact) mass is 244 g/mol. The molecule has 98 valence electrons. The number of methoxy groups -OCH3 is 1. The van der Waals surface area contributed by atoms with Gasteiger partial charge >= 0.3 is 0 Å². The molecule has 1 aromatic rings. The molecule has 0 saturated carbocycles. The van der Waals surface area contributed by atoms with Gasteiger partial charge in [0.05, 0.1) is 7.11 Å².